The molecule has 0 radical (unpaired) electrons. The minimum atomic E-state index is -0.934. The molecular weight excluding hydrogens is 294 g/mol. The van der Waals surface area contributed by atoms with Gasteiger partial charge in [-0.25, -0.2) is 0 Å². The molecule has 0 saturated heterocycles. The number of fused-ring (bicyclic) bond motifs is 1. The molecule has 21 heavy (non-hydrogen) atoms. The molecule has 0 saturated carbocycles. The van der Waals surface area contributed by atoms with Gasteiger partial charge in [0.15, 0.2) is 5.38 Å². The van der Waals surface area contributed by atoms with Crippen LogP contribution in [0.25, 0.3) is 10.9 Å². The highest BCUT2D eigenvalue weighted by molar-refractivity contribution is 6.30. The molecule has 1 unspecified atom stereocenters. The first-order valence-corrected chi connectivity index (χ1v) is 6.92. The van der Waals surface area contributed by atoms with Crippen molar-refractivity contribution in [1.29, 1.82) is 0 Å². The van der Waals surface area contributed by atoms with Crippen LogP contribution in [0.15, 0.2) is 29.1 Å². The number of nitrogens with zero attached hydrogens (tertiary/aromatic N) is 1. The van der Waals surface area contributed by atoms with Crippen molar-refractivity contribution in [2.45, 2.75) is 12.3 Å². The molecule has 1 atom stereocenters. The number of alkyl halides is 1. The van der Waals surface area contributed by atoms with Gasteiger partial charge in [0, 0.05) is 18.5 Å². The number of carbonyl (C=O) groups is 1. The third-order valence-corrected chi connectivity index (χ3v) is 3.67. The molecule has 0 amide bonds. The summed E-state index contributed by atoms with van der Waals surface area (Å²) in [7, 11) is 3.17. The Balaban J connectivity index is 2.70. The van der Waals surface area contributed by atoms with E-state index in [1.165, 1.54) is 17.7 Å². The zero-order valence-electron chi connectivity index (χ0n) is 12.1. The smallest absolute Gasteiger partial charge is 0.328 e. The lowest BCUT2D eigenvalue weighted by Crippen LogP contribution is -2.17. The van der Waals surface area contributed by atoms with Gasteiger partial charge in [0.1, 0.15) is 5.75 Å². The number of hydrogen-bond acceptors (Lipinski definition) is 4. The lowest BCUT2D eigenvalue weighted by Gasteiger charge is -2.15. The van der Waals surface area contributed by atoms with E-state index in [-0.39, 0.29) is 12.2 Å². The Kier molecular flexibility index (Phi) is 4.53. The molecule has 0 N–H and O–H groups in total. The van der Waals surface area contributed by atoms with E-state index in [0.717, 1.165) is 0 Å². The van der Waals surface area contributed by atoms with E-state index < -0.39 is 11.3 Å². The lowest BCUT2D eigenvalue weighted by atomic mass is 10.0. The topological polar surface area (TPSA) is 57.5 Å². The second-order valence-electron chi connectivity index (χ2n) is 4.46. The van der Waals surface area contributed by atoms with Gasteiger partial charge in [0.2, 0.25) is 0 Å². The van der Waals surface area contributed by atoms with Crippen LogP contribution in [0, 0.1) is 0 Å². The first-order valence-electron chi connectivity index (χ1n) is 6.48. The van der Waals surface area contributed by atoms with Crippen LogP contribution in [0.1, 0.15) is 17.9 Å². The number of carbonyl (C=O) groups excluding carboxylic acids is 1. The minimum Gasteiger partial charge on any atom is -0.495 e. The Hall–Kier alpha value is -2.01. The molecule has 0 bridgehead atoms. The summed E-state index contributed by atoms with van der Waals surface area (Å²) in [4.78, 5) is 23.6. The first kappa shape index (κ1) is 15.4. The highest BCUT2D eigenvalue weighted by atomic mass is 35.5. The SMILES string of the molecule is CCOC(=O)C(Cl)c1ccc(OC)c2c1ccc(=O)n2C. The van der Waals surface area contributed by atoms with Crippen molar-refractivity contribution in [1.82, 2.24) is 4.57 Å². The molecular formula is C15H16ClNO4. The fourth-order valence-electron chi connectivity index (χ4n) is 2.23. The number of pyridine rings is 1. The second kappa shape index (κ2) is 6.18. The average Bonchev–Trinajstić information content (AvgIpc) is 2.49. The molecule has 6 heteroatoms. The maximum absolute atomic E-state index is 11.8. The summed E-state index contributed by atoms with van der Waals surface area (Å²) in [6.45, 7) is 1.98. The van der Waals surface area contributed by atoms with Crippen molar-refractivity contribution in [3.63, 3.8) is 0 Å². The molecule has 0 aliphatic rings. The largest absolute Gasteiger partial charge is 0.495 e. The highest BCUT2D eigenvalue weighted by Crippen LogP contribution is 2.33. The monoisotopic (exact) mass is 309 g/mol. The molecule has 0 aliphatic carbocycles. The van der Waals surface area contributed by atoms with Gasteiger partial charge < -0.3 is 14.0 Å². The fourth-order valence-corrected chi connectivity index (χ4v) is 2.48. The van der Waals surface area contributed by atoms with E-state index in [0.29, 0.717) is 22.2 Å². The van der Waals surface area contributed by atoms with Crippen LogP contribution >= 0.6 is 11.6 Å². The number of aromatic nitrogens is 1. The molecule has 0 fully saturated rings. The molecule has 2 rings (SSSR count). The molecule has 2 aromatic rings. The van der Waals surface area contributed by atoms with E-state index in [9.17, 15) is 9.59 Å². The predicted octanol–water partition coefficient (Wildman–Crippen LogP) is 2.39. The van der Waals surface area contributed by atoms with Crippen molar-refractivity contribution in [2.24, 2.45) is 7.05 Å². The van der Waals surface area contributed by atoms with Crippen LogP contribution in [0.4, 0.5) is 0 Å². The van der Waals surface area contributed by atoms with E-state index in [1.54, 1.807) is 32.2 Å². The molecule has 0 spiro atoms. The molecule has 1 aromatic carbocycles. The Morgan fingerprint density at radius 1 is 1.33 bits per heavy atom. The Labute approximate surface area is 127 Å². The van der Waals surface area contributed by atoms with Crippen LogP contribution in [-0.4, -0.2) is 24.3 Å². The van der Waals surface area contributed by atoms with Gasteiger partial charge in [-0.2, -0.15) is 0 Å². The van der Waals surface area contributed by atoms with Crippen LogP contribution in [0.3, 0.4) is 0 Å². The van der Waals surface area contributed by atoms with E-state index in [2.05, 4.69) is 0 Å². The van der Waals surface area contributed by atoms with Crippen LogP contribution in [0.2, 0.25) is 0 Å². The van der Waals surface area contributed by atoms with Crippen molar-refractivity contribution in [3.8, 4) is 5.75 Å². The van der Waals surface area contributed by atoms with Crippen molar-refractivity contribution < 1.29 is 14.3 Å². The summed E-state index contributed by atoms with van der Waals surface area (Å²) in [6.07, 6.45) is 0. The quantitative estimate of drug-likeness (QED) is 0.643. The summed E-state index contributed by atoms with van der Waals surface area (Å²) in [5.41, 5.74) is 1.01. The van der Waals surface area contributed by atoms with E-state index in [4.69, 9.17) is 21.1 Å². The number of rotatable bonds is 4. The number of halogens is 1. The zero-order chi connectivity index (χ0) is 15.6. The summed E-state index contributed by atoms with van der Waals surface area (Å²) < 4.78 is 11.7. The van der Waals surface area contributed by atoms with E-state index in [1.807, 2.05) is 0 Å². The summed E-state index contributed by atoms with van der Waals surface area (Å²) in [5, 5.41) is -0.250. The van der Waals surface area contributed by atoms with Gasteiger partial charge in [-0.1, -0.05) is 6.07 Å². The van der Waals surface area contributed by atoms with Crippen molar-refractivity contribution >= 4 is 28.5 Å². The van der Waals surface area contributed by atoms with Crippen LogP contribution in [0.5, 0.6) is 5.75 Å². The summed E-state index contributed by atoms with van der Waals surface area (Å²) >= 11 is 6.20. The van der Waals surface area contributed by atoms with Crippen LogP contribution in [-0.2, 0) is 16.6 Å². The van der Waals surface area contributed by atoms with Crippen molar-refractivity contribution in [2.75, 3.05) is 13.7 Å². The van der Waals surface area contributed by atoms with Gasteiger partial charge in [0.25, 0.3) is 5.56 Å². The van der Waals surface area contributed by atoms with Gasteiger partial charge in [-0.15, -0.1) is 11.6 Å². The third-order valence-electron chi connectivity index (χ3n) is 3.26. The molecule has 112 valence electrons. The number of benzene rings is 1. The first-order chi connectivity index (χ1) is 10.0. The van der Waals surface area contributed by atoms with Gasteiger partial charge in [-0.3, -0.25) is 9.59 Å². The molecule has 1 heterocycles. The summed E-state index contributed by atoms with van der Waals surface area (Å²) in [5.74, 6) is 0.0289. The maximum Gasteiger partial charge on any atom is 0.328 e. The van der Waals surface area contributed by atoms with Gasteiger partial charge in [-0.05, 0) is 24.6 Å². The summed E-state index contributed by atoms with van der Waals surface area (Å²) in [6, 6.07) is 6.47. The maximum atomic E-state index is 11.8. The average molecular weight is 310 g/mol. The lowest BCUT2D eigenvalue weighted by molar-refractivity contribution is -0.142. The molecule has 5 nitrogen and oxygen atoms in total. The highest BCUT2D eigenvalue weighted by Gasteiger charge is 2.23. The zero-order valence-corrected chi connectivity index (χ0v) is 12.8. The molecule has 1 aromatic heterocycles. The molecule has 0 aliphatic heterocycles. The van der Waals surface area contributed by atoms with E-state index >= 15 is 0 Å². The van der Waals surface area contributed by atoms with Crippen LogP contribution < -0.4 is 10.3 Å². The Morgan fingerprint density at radius 3 is 2.67 bits per heavy atom. The fraction of sp³-hybridized carbons (Fsp3) is 0.333. The Morgan fingerprint density at radius 2 is 2.05 bits per heavy atom. The number of aryl methyl sites for hydroxylation is 1. The van der Waals surface area contributed by atoms with Gasteiger partial charge in [0.05, 0.1) is 19.2 Å². The number of methoxy groups -OCH3 is 1. The normalized spacial score (nSPS) is 12.2. The standard InChI is InChI=1S/C15H16ClNO4/c1-4-21-15(19)13(16)9-5-7-11(20-3)14-10(9)6-8-12(18)17(14)2/h5-8,13H,4H2,1-3H3. The van der Waals surface area contributed by atoms with Crippen molar-refractivity contribution in [3.05, 3.63) is 40.2 Å². The third kappa shape index (κ3) is 2.74. The minimum absolute atomic E-state index is 0.166. The second-order valence-corrected chi connectivity index (χ2v) is 4.90. The number of ether oxygens (including phenoxy) is 2. The van der Waals surface area contributed by atoms with Gasteiger partial charge >= 0.3 is 5.97 Å². The predicted molar refractivity (Wildman–Crippen MR) is 81.0 cm³/mol. The Bertz CT molecular complexity index is 738. The number of hydrogen-bond donors (Lipinski definition) is 0. The number of esters is 1.